The predicted molar refractivity (Wildman–Crippen MR) is 152 cm³/mol. The zero-order valence-corrected chi connectivity index (χ0v) is 23.3. The summed E-state index contributed by atoms with van der Waals surface area (Å²) in [6, 6.07) is 12.7. The van der Waals surface area contributed by atoms with E-state index in [2.05, 4.69) is 34.6 Å². The molecule has 204 valence electrons. The fourth-order valence-corrected chi connectivity index (χ4v) is 6.55. The predicted octanol–water partition coefficient (Wildman–Crippen LogP) is 5.98. The van der Waals surface area contributed by atoms with Crippen molar-refractivity contribution in [1.82, 2.24) is 14.9 Å². The summed E-state index contributed by atoms with van der Waals surface area (Å²) < 4.78 is 5.52. The minimum atomic E-state index is -0.546. The number of aromatic nitrogens is 2. The second-order valence-electron chi connectivity index (χ2n) is 12.6. The van der Waals surface area contributed by atoms with Gasteiger partial charge < -0.3 is 15.0 Å². The fourth-order valence-electron chi connectivity index (χ4n) is 6.55. The second kappa shape index (κ2) is 9.92. The van der Waals surface area contributed by atoms with Crippen LogP contribution in [0.15, 0.2) is 42.6 Å². The number of rotatable bonds is 5. The summed E-state index contributed by atoms with van der Waals surface area (Å²) in [6.45, 7) is 7.33. The second-order valence-corrected chi connectivity index (χ2v) is 12.6. The number of piperidine rings is 1. The SMILES string of the molecule is CC(C)(C)OC(=O)N1CCC(CCCCc2ccc3cc4c(cc3n2)CC2(C4)C(=O)Nc3ncccc32)CC1. The van der Waals surface area contributed by atoms with Crippen LogP contribution in [0.4, 0.5) is 10.6 Å². The number of fused-ring (bicyclic) bond motifs is 4. The van der Waals surface area contributed by atoms with Crippen LogP contribution in [0.5, 0.6) is 0 Å². The van der Waals surface area contributed by atoms with Gasteiger partial charge in [-0.25, -0.2) is 9.78 Å². The lowest BCUT2D eigenvalue weighted by molar-refractivity contribution is -0.120. The fraction of sp³-hybridized carbons (Fsp3) is 0.500. The van der Waals surface area contributed by atoms with E-state index >= 15 is 0 Å². The van der Waals surface area contributed by atoms with Gasteiger partial charge in [0.15, 0.2) is 0 Å². The zero-order valence-electron chi connectivity index (χ0n) is 23.3. The summed E-state index contributed by atoms with van der Waals surface area (Å²) in [5.41, 5.74) is 4.63. The number of nitrogens with one attached hydrogen (secondary N) is 1. The largest absolute Gasteiger partial charge is 0.444 e. The molecule has 0 radical (unpaired) electrons. The van der Waals surface area contributed by atoms with E-state index in [-0.39, 0.29) is 12.0 Å². The Kier molecular flexibility index (Phi) is 6.56. The van der Waals surface area contributed by atoms with Crippen LogP contribution in [0.2, 0.25) is 0 Å². The van der Waals surface area contributed by atoms with Crippen LogP contribution in [0, 0.1) is 5.92 Å². The van der Waals surface area contributed by atoms with Gasteiger partial charge in [-0.05, 0) is 101 Å². The molecule has 2 amide bonds. The molecule has 1 fully saturated rings. The molecule has 7 nitrogen and oxygen atoms in total. The van der Waals surface area contributed by atoms with E-state index in [1.54, 1.807) is 6.20 Å². The highest BCUT2D eigenvalue weighted by atomic mass is 16.6. The minimum Gasteiger partial charge on any atom is -0.444 e. The maximum atomic E-state index is 13.0. The van der Waals surface area contributed by atoms with Crippen LogP contribution >= 0.6 is 0 Å². The third kappa shape index (κ3) is 5.11. The molecule has 1 N–H and O–H groups in total. The summed E-state index contributed by atoms with van der Waals surface area (Å²) in [4.78, 5) is 36.6. The third-order valence-electron chi connectivity index (χ3n) is 8.60. The number of carbonyl (C=O) groups excluding carboxylic acids is 2. The maximum Gasteiger partial charge on any atom is 0.410 e. The molecule has 3 aliphatic rings. The van der Waals surface area contributed by atoms with E-state index in [0.29, 0.717) is 24.6 Å². The first-order chi connectivity index (χ1) is 18.7. The first kappa shape index (κ1) is 25.8. The number of hydrogen-bond donors (Lipinski definition) is 1. The Morgan fingerprint density at radius 1 is 1.10 bits per heavy atom. The third-order valence-corrected chi connectivity index (χ3v) is 8.60. The molecule has 1 aliphatic carbocycles. The first-order valence-electron chi connectivity index (χ1n) is 14.4. The average molecular weight is 527 g/mol. The van der Waals surface area contributed by atoms with Crippen molar-refractivity contribution in [1.29, 1.82) is 0 Å². The van der Waals surface area contributed by atoms with Crippen molar-refractivity contribution in [2.24, 2.45) is 5.92 Å². The van der Waals surface area contributed by atoms with Gasteiger partial charge in [-0.1, -0.05) is 25.0 Å². The molecular weight excluding hydrogens is 488 g/mol. The van der Waals surface area contributed by atoms with Crippen molar-refractivity contribution >= 4 is 28.7 Å². The average Bonchev–Trinajstić information content (AvgIpc) is 3.41. The van der Waals surface area contributed by atoms with E-state index in [0.717, 1.165) is 60.9 Å². The highest BCUT2D eigenvalue weighted by Gasteiger charge is 2.51. The minimum absolute atomic E-state index is 0.0561. The Bertz CT molecular complexity index is 1420. The van der Waals surface area contributed by atoms with Gasteiger partial charge in [0.2, 0.25) is 5.91 Å². The molecule has 6 rings (SSSR count). The Labute approximate surface area is 230 Å². The number of nitrogens with zero attached hydrogens (tertiary/aromatic N) is 3. The Morgan fingerprint density at radius 2 is 1.87 bits per heavy atom. The maximum absolute atomic E-state index is 13.0. The molecule has 39 heavy (non-hydrogen) atoms. The van der Waals surface area contributed by atoms with Gasteiger partial charge in [0.25, 0.3) is 0 Å². The molecule has 1 unspecified atom stereocenters. The molecule has 4 heterocycles. The summed E-state index contributed by atoms with van der Waals surface area (Å²) in [5, 5.41) is 4.13. The molecule has 1 spiro atoms. The van der Waals surface area contributed by atoms with Gasteiger partial charge in [-0.2, -0.15) is 0 Å². The molecule has 3 aromatic rings. The molecule has 1 atom stereocenters. The molecule has 0 saturated carbocycles. The lowest BCUT2D eigenvalue weighted by atomic mass is 9.79. The number of amides is 2. The molecule has 2 aromatic heterocycles. The van der Waals surface area contributed by atoms with Crippen LogP contribution < -0.4 is 5.32 Å². The van der Waals surface area contributed by atoms with Gasteiger partial charge in [0.05, 0.1) is 10.9 Å². The van der Waals surface area contributed by atoms with Gasteiger partial charge >= 0.3 is 6.09 Å². The highest BCUT2D eigenvalue weighted by Crippen LogP contribution is 2.47. The smallest absolute Gasteiger partial charge is 0.410 e. The Morgan fingerprint density at radius 3 is 2.64 bits per heavy atom. The van der Waals surface area contributed by atoms with Crippen molar-refractivity contribution in [3.05, 3.63) is 65.0 Å². The standard InChI is InChI=1S/C32H38N4O3/c1-31(2,3)39-30(38)36-15-12-21(13-16-36)7-4-5-8-25-11-10-22-17-23-19-32(20-24(23)18-27(22)34-25)26-9-6-14-33-28(26)35-29(32)37/h6,9-11,14,17-18,21H,4-5,7-8,12-13,15-16,19-20H2,1-3H3,(H,33,35,37). The van der Waals surface area contributed by atoms with Crippen LogP contribution in [0.3, 0.4) is 0 Å². The molecule has 2 aliphatic heterocycles. The lowest BCUT2D eigenvalue weighted by Crippen LogP contribution is -2.41. The number of hydrogen-bond acceptors (Lipinski definition) is 5. The summed E-state index contributed by atoms with van der Waals surface area (Å²) in [5.74, 6) is 1.44. The van der Waals surface area contributed by atoms with Crippen molar-refractivity contribution in [3.63, 3.8) is 0 Å². The van der Waals surface area contributed by atoms with E-state index in [4.69, 9.17) is 9.72 Å². The summed E-state index contributed by atoms with van der Waals surface area (Å²) in [7, 11) is 0. The Balaban J connectivity index is 1.03. The van der Waals surface area contributed by atoms with E-state index in [1.807, 2.05) is 37.8 Å². The lowest BCUT2D eigenvalue weighted by Gasteiger charge is -2.33. The van der Waals surface area contributed by atoms with Crippen LogP contribution in [-0.2, 0) is 34.2 Å². The highest BCUT2D eigenvalue weighted by molar-refractivity contribution is 6.06. The first-order valence-corrected chi connectivity index (χ1v) is 14.4. The van der Waals surface area contributed by atoms with Crippen molar-refractivity contribution in [2.75, 3.05) is 18.4 Å². The molecular formula is C32H38N4O3. The number of likely N-dealkylation sites (tertiary alicyclic amines) is 1. The van der Waals surface area contributed by atoms with Gasteiger partial charge in [-0.3, -0.25) is 9.78 Å². The summed E-state index contributed by atoms with van der Waals surface area (Å²) in [6.07, 6.45) is 9.51. The van der Waals surface area contributed by atoms with Crippen LogP contribution in [0.1, 0.15) is 75.3 Å². The summed E-state index contributed by atoms with van der Waals surface area (Å²) >= 11 is 0. The normalized spacial score (nSPS) is 20.8. The topological polar surface area (TPSA) is 84.4 Å². The Hall–Kier alpha value is -3.48. The van der Waals surface area contributed by atoms with Crippen LogP contribution in [-0.4, -0.2) is 45.6 Å². The van der Waals surface area contributed by atoms with Crippen LogP contribution in [0.25, 0.3) is 10.9 Å². The molecule has 1 aromatic carbocycles. The number of anilines is 1. The molecule has 7 heteroatoms. The quantitative estimate of drug-likeness (QED) is 0.414. The van der Waals surface area contributed by atoms with E-state index in [9.17, 15) is 9.59 Å². The van der Waals surface area contributed by atoms with Gasteiger partial charge in [0, 0.05) is 35.9 Å². The zero-order chi connectivity index (χ0) is 27.2. The monoisotopic (exact) mass is 526 g/mol. The van der Waals surface area contributed by atoms with E-state index < -0.39 is 11.0 Å². The number of ether oxygens (including phenoxy) is 1. The number of aryl methyl sites for hydroxylation is 1. The van der Waals surface area contributed by atoms with Crippen molar-refractivity contribution in [2.45, 2.75) is 83.2 Å². The van der Waals surface area contributed by atoms with Crippen molar-refractivity contribution in [3.8, 4) is 0 Å². The number of benzene rings is 1. The molecule has 1 saturated heterocycles. The number of carbonyl (C=O) groups is 2. The van der Waals surface area contributed by atoms with E-state index in [1.165, 1.54) is 24.0 Å². The van der Waals surface area contributed by atoms with Gasteiger partial charge in [-0.15, -0.1) is 0 Å². The van der Waals surface area contributed by atoms with Gasteiger partial charge in [0.1, 0.15) is 11.4 Å². The van der Waals surface area contributed by atoms with Crippen molar-refractivity contribution < 1.29 is 14.3 Å². The molecule has 0 bridgehead atoms. The number of unbranched alkanes of at least 4 members (excludes halogenated alkanes) is 1. The number of pyridine rings is 2.